The molecule has 4 N–H and O–H groups in total. The second-order valence-corrected chi connectivity index (χ2v) is 3.35. The minimum absolute atomic E-state index is 0.351. The highest BCUT2D eigenvalue weighted by Gasteiger charge is 2.08. The van der Waals surface area contributed by atoms with E-state index in [1.807, 2.05) is 6.07 Å². The molecule has 0 aromatic heterocycles. The monoisotopic (exact) mass is 177 g/mol. The van der Waals surface area contributed by atoms with E-state index < -0.39 is 0 Å². The van der Waals surface area contributed by atoms with Gasteiger partial charge in [0.15, 0.2) is 0 Å². The van der Waals surface area contributed by atoms with Gasteiger partial charge in [0.05, 0.1) is 17.1 Å². The van der Waals surface area contributed by atoms with E-state index in [2.05, 4.69) is 25.6 Å². The van der Waals surface area contributed by atoms with Gasteiger partial charge in [-0.15, -0.1) is 0 Å². The SMILES string of the molecule is C=Nc1cc(N)c(N)c(C(C)C)c1. The largest absolute Gasteiger partial charge is 0.397 e. The number of aliphatic imine (C=N–C) groups is 1. The predicted molar refractivity (Wildman–Crippen MR) is 58.6 cm³/mol. The van der Waals surface area contributed by atoms with Gasteiger partial charge in [-0.2, -0.15) is 0 Å². The van der Waals surface area contributed by atoms with Crippen molar-refractivity contribution < 1.29 is 0 Å². The first-order valence-corrected chi connectivity index (χ1v) is 4.22. The summed E-state index contributed by atoms with van der Waals surface area (Å²) < 4.78 is 0. The second-order valence-electron chi connectivity index (χ2n) is 3.35. The van der Waals surface area contributed by atoms with Crippen LogP contribution in [-0.4, -0.2) is 6.72 Å². The molecule has 0 aliphatic rings. The normalized spacial score (nSPS) is 10.4. The molecule has 0 bridgehead atoms. The van der Waals surface area contributed by atoms with Crippen molar-refractivity contribution in [1.29, 1.82) is 0 Å². The summed E-state index contributed by atoms with van der Waals surface area (Å²) in [5, 5.41) is 0. The molecule has 70 valence electrons. The fourth-order valence-electron chi connectivity index (χ4n) is 1.25. The van der Waals surface area contributed by atoms with Crippen LogP contribution in [0.1, 0.15) is 25.3 Å². The zero-order valence-electron chi connectivity index (χ0n) is 8.04. The van der Waals surface area contributed by atoms with Gasteiger partial charge in [-0.05, 0) is 30.3 Å². The zero-order chi connectivity index (χ0) is 10.0. The van der Waals surface area contributed by atoms with Gasteiger partial charge in [0, 0.05) is 0 Å². The highest BCUT2D eigenvalue weighted by atomic mass is 14.7. The Bertz CT molecular complexity index is 329. The molecule has 1 rings (SSSR count). The Morgan fingerprint density at radius 2 is 1.92 bits per heavy atom. The smallest absolute Gasteiger partial charge is 0.0647 e. The molecule has 0 amide bonds. The van der Waals surface area contributed by atoms with E-state index in [-0.39, 0.29) is 0 Å². The molecule has 1 aromatic carbocycles. The lowest BCUT2D eigenvalue weighted by atomic mass is 9.99. The third-order valence-electron chi connectivity index (χ3n) is 2.03. The van der Waals surface area contributed by atoms with Crippen molar-refractivity contribution in [2.45, 2.75) is 19.8 Å². The quantitative estimate of drug-likeness (QED) is 0.537. The summed E-state index contributed by atoms with van der Waals surface area (Å²) in [4.78, 5) is 3.83. The number of nitrogens with two attached hydrogens (primary N) is 2. The van der Waals surface area contributed by atoms with E-state index in [1.54, 1.807) is 6.07 Å². The van der Waals surface area contributed by atoms with Gasteiger partial charge in [-0.25, -0.2) is 0 Å². The number of rotatable bonds is 2. The fourth-order valence-corrected chi connectivity index (χ4v) is 1.25. The van der Waals surface area contributed by atoms with Gasteiger partial charge in [-0.1, -0.05) is 13.8 Å². The van der Waals surface area contributed by atoms with Crippen LogP contribution in [0.5, 0.6) is 0 Å². The zero-order valence-corrected chi connectivity index (χ0v) is 8.04. The summed E-state index contributed by atoms with van der Waals surface area (Å²) in [6, 6.07) is 3.65. The van der Waals surface area contributed by atoms with Gasteiger partial charge < -0.3 is 11.5 Å². The molecule has 0 fully saturated rings. The molecule has 3 heteroatoms. The van der Waals surface area contributed by atoms with Crippen LogP contribution in [0.2, 0.25) is 0 Å². The molecule has 3 nitrogen and oxygen atoms in total. The molecule has 0 unspecified atom stereocenters. The van der Waals surface area contributed by atoms with Gasteiger partial charge >= 0.3 is 0 Å². The summed E-state index contributed by atoms with van der Waals surface area (Å²) in [5.41, 5.74) is 14.6. The van der Waals surface area contributed by atoms with Crippen LogP contribution in [0, 0.1) is 0 Å². The Labute approximate surface area is 78.5 Å². The second kappa shape index (κ2) is 3.47. The van der Waals surface area contributed by atoms with Crippen molar-refractivity contribution in [2.75, 3.05) is 11.5 Å². The summed E-state index contributed by atoms with van der Waals surface area (Å²) in [7, 11) is 0. The Morgan fingerprint density at radius 1 is 1.31 bits per heavy atom. The third-order valence-corrected chi connectivity index (χ3v) is 2.03. The Balaban J connectivity index is 3.32. The molecule has 0 heterocycles. The fraction of sp³-hybridized carbons (Fsp3) is 0.300. The molecule has 0 atom stereocenters. The number of benzene rings is 1. The van der Waals surface area contributed by atoms with Crippen LogP contribution in [0.25, 0.3) is 0 Å². The molecule has 0 spiro atoms. The highest BCUT2D eigenvalue weighted by Crippen LogP contribution is 2.31. The minimum atomic E-state index is 0.351. The maximum atomic E-state index is 5.82. The average molecular weight is 177 g/mol. The highest BCUT2D eigenvalue weighted by molar-refractivity contribution is 5.73. The van der Waals surface area contributed by atoms with Crippen LogP contribution in [0.3, 0.4) is 0 Å². The molecule has 0 aliphatic carbocycles. The number of hydrogen-bond acceptors (Lipinski definition) is 3. The molecule has 13 heavy (non-hydrogen) atoms. The maximum Gasteiger partial charge on any atom is 0.0647 e. The summed E-state index contributed by atoms with van der Waals surface area (Å²) in [6.07, 6.45) is 0. The lowest BCUT2D eigenvalue weighted by Gasteiger charge is -2.12. The number of nitrogens with zero attached hydrogens (tertiary/aromatic N) is 1. The van der Waals surface area contributed by atoms with Crippen LogP contribution in [-0.2, 0) is 0 Å². The van der Waals surface area contributed by atoms with Gasteiger partial charge in [0.25, 0.3) is 0 Å². The van der Waals surface area contributed by atoms with Crippen LogP contribution < -0.4 is 11.5 Å². The molecule has 0 aliphatic heterocycles. The summed E-state index contributed by atoms with van der Waals surface area (Å²) in [5.74, 6) is 0.351. The number of hydrogen-bond donors (Lipinski definition) is 2. The lowest BCUT2D eigenvalue weighted by Crippen LogP contribution is -2.01. The van der Waals surface area contributed by atoms with Crippen molar-refractivity contribution in [3.8, 4) is 0 Å². The van der Waals surface area contributed by atoms with E-state index in [4.69, 9.17) is 11.5 Å². The molecule has 0 radical (unpaired) electrons. The third kappa shape index (κ3) is 1.80. The van der Waals surface area contributed by atoms with Gasteiger partial charge in [-0.3, -0.25) is 4.99 Å². The number of anilines is 2. The predicted octanol–water partition coefficient (Wildman–Crippen LogP) is 2.31. The first-order chi connectivity index (χ1) is 6.06. The lowest BCUT2D eigenvalue weighted by molar-refractivity contribution is 0.870. The van der Waals surface area contributed by atoms with Crippen molar-refractivity contribution in [3.05, 3.63) is 17.7 Å². The molecule has 1 aromatic rings. The first-order valence-electron chi connectivity index (χ1n) is 4.22. The van der Waals surface area contributed by atoms with Crippen LogP contribution in [0.4, 0.5) is 17.1 Å². The standard InChI is InChI=1S/C10H15N3/c1-6(2)8-4-7(13-3)5-9(11)10(8)12/h4-6H,3,11-12H2,1-2H3. The average Bonchev–Trinajstić information content (AvgIpc) is 2.09. The van der Waals surface area contributed by atoms with Crippen molar-refractivity contribution in [2.24, 2.45) is 4.99 Å². The summed E-state index contributed by atoms with van der Waals surface area (Å²) >= 11 is 0. The summed E-state index contributed by atoms with van der Waals surface area (Å²) in [6.45, 7) is 7.59. The van der Waals surface area contributed by atoms with E-state index in [0.29, 0.717) is 17.3 Å². The van der Waals surface area contributed by atoms with Crippen molar-refractivity contribution in [3.63, 3.8) is 0 Å². The van der Waals surface area contributed by atoms with Crippen LogP contribution in [0.15, 0.2) is 17.1 Å². The topological polar surface area (TPSA) is 64.4 Å². The molecular formula is C10H15N3. The first kappa shape index (κ1) is 9.58. The number of nitrogen functional groups attached to an aromatic ring is 2. The van der Waals surface area contributed by atoms with E-state index in [0.717, 1.165) is 11.3 Å². The Morgan fingerprint density at radius 3 is 2.38 bits per heavy atom. The Kier molecular flexibility index (Phi) is 2.56. The molecular weight excluding hydrogens is 162 g/mol. The van der Waals surface area contributed by atoms with Crippen molar-refractivity contribution >= 4 is 23.8 Å². The van der Waals surface area contributed by atoms with Gasteiger partial charge in [0.2, 0.25) is 0 Å². The Hall–Kier alpha value is -1.51. The van der Waals surface area contributed by atoms with E-state index >= 15 is 0 Å². The minimum Gasteiger partial charge on any atom is -0.397 e. The molecule has 0 saturated carbocycles. The van der Waals surface area contributed by atoms with Gasteiger partial charge in [0.1, 0.15) is 0 Å². The van der Waals surface area contributed by atoms with Crippen LogP contribution >= 0.6 is 0 Å². The maximum absolute atomic E-state index is 5.82. The van der Waals surface area contributed by atoms with E-state index in [1.165, 1.54) is 0 Å². The molecule has 0 saturated heterocycles. The van der Waals surface area contributed by atoms with E-state index in [9.17, 15) is 0 Å². The van der Waals surface area contributed by atoms with Crippen molar-refractivity contribution in [1.82, 2.24) is 0 Å².